The summed E-state index contributed by atoms with van der Waals surface area (Å²) in [4.78, 5) is 16.5. The van der Waals surface area contributed by atoms with Crippen molar-refractivity contribution in [3.63, 3.8) is 0 Å². The Morgan fingerprint density at radius 3 is 2.85 bits per heavy atom. The largest absolute Gasteiger partial charge is 0.397 e. The minimum Gasteiger partial charge on any atom is -0.397 e. The third kappa shape index (κ3) is 3.30. The van der Waals surface area contributed by atoms with Crippen molar-refractivity contribution < 1.29 is 4.79 Å². The number of hydrogen-bond donors (Lipinski definition) is 2. The van der Waals surface area contributed by atoms with Crippen LogP contribution in [0.3, 0.4) is 0 Å². The van der Waals surface area contributed by atoms with Crippen LogP contribution in [0.25, 0.3) is 0 Å². The van der Waals surface area contributed by atoms with Crippen LogP contribution in [0, 0.1) is 17.8 Å². The number of nitrogens with two attached hydrogens (primary N) is 1. The van der Waals surface area contributed by atoms with Gasteiger partial charge in [-0.1, -0.05) is 27.2 Å². The van der Waals surface area contributed by atoms with Gasteiger partial charge in [0.15, 0.2) is 5.69 Å². The molecule has 1 heterocycles. The van der Waals surface area contributed by atoms with E-state index in [1.807, 2.05) is 0 Å². The van der Waals surface area contributed by atoms with Crippen molar-refractivity contribution >= 4 is 11.6 Å². The zero-order valence-corrected chi connectivity index (χ0v) is 12.6. The van der Waals surface area contributed by atoms with Crippen LogP contribution >= 0.6 is 0 Å². The van der Waals surface area contributed by atoms with Crippen LogP contribution < -0.4 is 11.1 Å². The second-order valence-corrected chi connectivity index (χ2v) is 6.35. The summed E-state index contributed by atoms with van der Waals surface area (Å²) < 4.78 is 0. The van der Waals surface area contributed by atoms with Crippen LogP contribution in [0.1, 0.15) is 50.5 Å². The van der Waals surface area contributed by atoms with Crippen molar-refractivity contribution in [3.05, 3.63) is 24.0 Å². The van der Waals surface area contributed by atoms with E-state index in [1.54, 1.807) is 18.3 Å². The van der Waals surface area contributed by atoms with E-state index in [0.717, 1.165) is 6.42 Å². The van der Waals surface area contributed by atoms with Gasteiger partial charge in [-0.25, -0.2) is 4.98 Å². The highest BCUT2D eigenvalue weighted by atomic mass is 16.2. The van der Waals surface area contributed by atoms with Crippen molar-refractivity contribution in [1.29, 1.82) is 0 Å². The summed E-state index contributed by atoms with van der Waals surface area (Å²) in [5, 5.41) is 3.16. The third-order valence-corrected chi connectivity index (χ3v) is 4.39. The summed E-state index contributed by atoms with van der Waals surface area (Å²) in [7, 11) is 0. The molecular weight excluding hydrogens is 250 g/mol. The van der Waals surface area contributed by atoms with Gasteiger partial charge in [-0.05, 0) is 42.7 Å². The Bertz CT molecular complexity index is 473. The molecule has 3 unspecified atom stereocenters. The lowest BCUT2D eigenvalue weighted by Crippen LogP contribution is -2.45. The summed E-state index contributed by atoms with van der Waals surface area (Å²) in [6.07, 6.45) is 5.08. The van der Waals surface area contributed by atoms with Gasteiger partial charge >= 0.3 is 0 Å². The molecule has 1 amide bonds. The molecule has 0 aromatic carbocycles. The molecule has 20 heavy (non-hydrogen) atoms. The molecule has 2 rings (SSSR count). The Kier molecular flexibility index (Phi) is 4.63. The summed E-state index contributed by atoms with van der Waals surface area (Å²) in [5.74, 6) is 1.64. The molecule has 0 saturated heterocycles. The molecule has 110 valence electrons. The summed E-state index contributed by atoms with van der Waals surface area (Å²) >= 11 is 0. The van der Waals surface area contributed by atoms with E-state index < -0.39 is 0 Å². The number of nitrogens with zero attached hydrogens (tertiary/aromatic N) is 1. The molecule has 4 heteroatoms. The predicted molar refractivity (Wildman–Crippen MR) is 81.2 cm³/mol. The van der Waals surface area contributed by atoms with Crippen LogP contribution in [-0.4, -0.2) is 16.9 Å². The zero-order chi connectivity index (χ0) is 14.7. The quantitative estimate of drug-likeness (QED) is 0.891. The molecule has 1 aliphatic rings. The minimum absolute atomic E-state index is 0.146. The van der Waals surface area contributed by atoms with E-state index >= 15 is 0 Å². The number of anilines is 1. The standard InChI is InChI=1S/C16H25N3O/c1-10(2)12-7-6-11(3)9-14(12)19-16(20)15-13(17)5-4-8-18-15/h4-5,8,10-12,14H,6-7,9,17H2,1-3H3,(H,19,20). The first-order valence-electron chi connectivity index (χ1n) is 7.50. The number of hydrogen-bond acceptors (Lipinski definition) is 3. The number of pyridine rings is 1. The highest BCUT2D eigenvalue weighted by molar-refractivity contribution is 5.97. The average molecular weight is 275 g/mol. The number of aromatic nitrogens is 1. The van der Waals surface area contributed by atoms with Crippen LogP contribution in [-0.2, 0) is 0 Å². The first-order valence-corrected chi connectivity index (χ1v) is 7.50. The molecule has 0 radical (unpaired) electrons. The third-order valence-electron chi connectivity index (χ3n) is 4.39. The maximum atomic E-state index is 12.4. The molecule has 1 saturated carbocycles. The van der Waals surface area contributed by atoms with E-state index in [1.165, 1.54) is 12.8 Å². The lowest BCUT2D eigenvalue weighted by molar-refractivity contribution is 0.0864. The van der Waals surface area contributed by atoms with Gasteiger partial charge in [-0.2, -0.15) is 0 Å². The topological polar surface area (TPSA) is 68.0 Å². The maximum Gasteiger partial charge on any atom is 0.272 e. The number of carbonyl (C=O) groups is 1. The molecule has 0 spiro atoms. The monoisotopic (exact) mass is 275 g/mol. The number of carbonyl (C=O) groups excluding carboxylic acids is 1. The van der Waals surface area contributed by atoms with E-state index in [0.29, 0.717) is 29.1 Å². The lowest BCUT2D eigenvalue weighted by Gasteiger charge is -2.37. The number of amides is 1. The van der Waals surface area contributed by atoms with Crippen LogP contribution in [0.4, 0.5) is 5.69 Å². The van der Waals surface area contributed by atoms with Crippen LogP contribution in [0.15, 0.2) is 18.3 Å². The molecule has 1 aromatic rings. The molecule has 3 N–H and O–H groups in total. The summed E-state index contributed by atoms with van der Waals surface area (Å²) in [6, 6.07) is 3.68. The fraction of sp³-hybridized carbons (Fsp3) is 0.625. The van der Waals surface area contributed by atoms with Gasteiger partial charge in [0.25, 0.3) is 5.91 Å². The molecule has 3 atom stereocenters. The highest BCUT2D eigenvalue weighted by Gasteiger charge is 2.32. The Labute approximate surface area is 121 Å². The van der Waals surface area contributed by atoms with Gasteiger partial charge in [0.05, 0.1) is 5.69 Å². The smallest absolute Gasteiger partial charge is 0.272 e. The van der Waals surface area contributed by atoms with Crippen molar-refractivity contribution in [1.82, 2.24) is 10.3 Å². The normalized spacial score (nSPS) is 26.5. The van der Waals surface area contributed by atoms with Gasteiger partial charge in [0.2, 0.25) is 0 Å². The Hall–Kier alpha value is -1.58. The average Bonchev–Trinajstić information content (AvgIpc) is 2.38. The van der Waals surface area contributed by atoms with E-state index in [9.17, 15) is 4.79 Å². The Balaban J connectivity index is 2.10. The highest BCUT2D eigenvalue weighted by Crippen LogP contribution is 2.33. The predicted octanol–water partition coefficient (Wildman–Crippen LogP) is 2.85. The van der Waals surface area contributed by atoms with Crippen molar-refractivity contribution in [3.8, 4) is 0 Å². The fourth-order valence-corrected chi connectivity index (χ4v) is 3.21. The maximum absolute atomic E-state index is 12.4. The second kappa shape index (κ2) is 6.25. The van der Waals surface area contributed by atoms with Gasteiger partial charge in [-0.3, -0.25) is 4.79 Å². The van der Waals surface area contributed by atoms with Gasteiger partial charge in [0, 0.05) is 12.2 Å². The number of nitrogens with one attached hydrogen (secondary N) is 1. The Morgan fingerprint density at radius 1 is 1.45 bits per heavy atom. The van der Waals surface area contributed by atoms with E-state index in [2.05, 4.69) is 31.1 Å². The molecule has 1 fully saturated rings. The SMILES string of the molecule is CC1CCC(C(C)C)C(NC(=O)c2ncccc2N)C1. The van der Waals surface area contributed by atoms with Crippen molar-refractivity contribution in [2.24, 2.45) is 17.8 Å². The molecule has 1 aliphatic carbocycles. The minimum atomic E-state index is -0.146. The van der Waals surface area contributed by atoms with Gasteiger partial charge < -0.3 is 11.1 Å². The molecular formula is C16H25N3O. The lowest BCUT2D eigenvalue weighted by atomic mass is 9.74. The zero-order valence-electron chi connectivity index (χ0n) is 12.6. The van der Waals surface area contributed by atoms with E-state index in [-0.39, 0.29) is 11.9 Å². The molecule has 4 nitrogen and oxygen atoms in total. The first kappa shape index (κ1) is 14.8. The number of rotatable bonds is 3. The number of nitrogen functional groups attached to an aromatic ring is 1. The summed E-state index contributed by atoms with van der Waals surface area (Å²) in [6.45, 7) is 6.72. The second-order valence-electron chi connectivity index (χ2n) is 6.35. The molecule has 0 aliphatic heterocycles. The van der Waals surface area contributed by atoms with Crippen LogP contribution in [0.5, 0.6) is 0 Å². The van der Waals surface area contributed by atoms with Crippen molar-refractivity contribution in [2.45, 2.75) is 46.1 Å². The molecule has 0 bridgehead atoms. The summed E-state index contributed by atoms with van der Waals surface area (Å²) in [5.41, 5.74) is 6.61. The molecule has 1 aromatic heterocycles. The Morgan fingerprint density at radius 2 is 2.20 bits per heavy atom. The van der Waals surface area contributed by atoms with E-state index in [4.69, 9.17) is 5.73 Å². The van der Waals surface area contributed by atoms with Crippen molar-refractivity contribution in [2.75, 3.05) is 5.73 Å². The first-order chi connectivity index (χ1) is 9.49. The van der Waals surface area contributed by atoms with Gasteiger partial charge in [0.1, 0.15) is 0 Å². The van der Waals surface area contributed by atoms with Gasteiger partial charge in [-0.15, -0.1) is 0 Å². The van der Waals surface area contributed by atoms with Crippen LogP contribution in [0.2, 0.25) is 0 Å². The fourth-order valence-electron chi connectivity index (χ4n) is 3.21.